The maximum Gasteiger partial charge on any atom is 0.320 e. The first-order chi connectivity index (χ1) is 9.51. The molecule has 5 nitrogen and oxygen atoms in total. The molecule has 1 atom stereocenters. The van der Waals surface area contributed by atoms with Crippen molar-refractivity contribution in [1.29, 1.82) is 0 Å². The SMILES string of the molecule is CCCCN(C)C(=O)C1CCN(C(CC)C(=O)O)CC1.Cl. The van der Waals surface area contributed by atoms with Crippen LogP contribution in [0.2, 0.25) is 0 Å². The fourth-order valence-corrected chi connectivity index (χ4v) is 2.86. The highest BCUT2D eigenvalue weighted by Gasteiger charge is 2.31. The van der Waals surface area contributed by atoms with Crippen molar-refractivity contribution in [1.82, 2.24) is 9.80 Å². The summed E-state index contributed by atoms with van der Waals surface area (Å²) < 4.78 is 0. The van der Waals surface area contributed by atoms with Crippen LogP contribution in [0.4, 0.5) is 0 Å². The Labute approximate surface area is 134 Å². The molecule has 1 N–H and O–H groups in total. The van der Waals surface area contributed by atoms with E-state index in [0.717, 1.165) is 32.2 Å². The van der Waals surface area contributed by atoms with Crippen LogP contribution < -0.4 is 0 Å². The average Bonchev–Trinajstić information content (AvgIpc) is 2.45. The highest BCUT2D eigenvalue weighted by molar-refractivity contribution is 5.85. The third kappa shape index (κ3) is 5.83. The monoisotopic (exact) mass is 320 g/mol. The molecule has 0 spiro atoms. The zero-order valence-corrected chi connectivity index (χ0v) is 14.2. The minimum atomic E-state index is -0.752. The summed E-state index contributed by atoms with van der Waals surface area (Å²) >= 11 is 0. The van der Waals surface area contributed by atoms with Crippen LogP contribution in [-0.4, -0.2) is 59.5 Å². The maximum absolute atomic E-state index is 12.3. The van der Waals surface area contributed by atoms with Crippen molar-refractivity contribution >= 4 is 24.3 Å². The Balaban J connectivity index is 0.00000400. The topological polar surface area (TPSA) is 60.9 Å². The van der Waals surface area contributed by atoms with Crippen LogP contribution in [0.3, 0.4) is 0 Å². The Kier molecular flexibility index (Phi) is 9.62. The zero-order valence-electron chi connectivity index (χ0n) is 13.4. The average molecular weight is 321 g/mol. The fourth-order valence-electron chi connectivity index (χ4n) is 2.86. The van der Waals surface area contributed by atoms with Crippen molar-refractivity contribution < 1.29 is 14.7 Å². The minimum Gasteiger partial charge on any atom is -0.480 e. The molecule has 0 aliphatic carbocycles. The van der Waals surface area contributed by atoms with Crippen LogP contribution >= 0.6 is 12.4 Å². The first-order valence-corrected chi connectivity index (χ1v) is 7.73. The number of hydrogen-bond donors (Lipinski definition) is 1. The number of likely N-dealkylation sites (tertiary alicyclic amines) is 1. The van der Waals surface area contributed by atoms with Gasteiger partial charge in [-0.3, -0.25) is 14.5 Å². The molecule has 1 fully saturated rings. The molecule has 1 unspecified atom stereocenters. The first-order valence-electron chi connectivity index (χ1n) is 7.73. The highest BCUT2D eigenvalue weighted by Crippen LogP contribution is 2.22. The van der Waals surface area contributed by atoms with Crippen molar-refractivity contribution in [2.75, 3.05) is 26.7 Å². The standard InChI is InChI=1S/C15H28N2O3.ClH/c1-4-6-9-16(3)14(18)12-7-10-17(11-8-12)13(5-2)15(19)20;/h12-13H,4-11H2,1-3H3,(H,19,20);1H. The summed E-state index contributed by atoms with van der Waals surface area (Å²) in [7, 11) is 1.87. The number of carboxylic acids is 1. The van der Waals surface area contributed by atoms with E-state index >= 15 is 0 Å². The fraction of sp³-hybridized carbons (Fsp3) is 0.867. The Bertz CT molecular complexity index is 331. The largest absolute Gasteiger partial charge is 0.480 e. The second kappa shape index (κ2) is 10.0. The van der Waals surface area contributed by atoms with E-state index in [1.807, 2.05) is 23.8 Å². The second-order valence-electron chi connectivity index (χ2n) is 5.69. The summed E-state index contributed by atoms with van der Waals surface area (Å²) in [6, 6.07) is -0.399. The third-order valence-electron chi connectivity index (χ3n) is 4.21. The third-order valence-corrected chi connectivity index (χ3v) is 4.21. The molecule has 1 rings (SSSR count). The van der Waals surface area contributed by atoms with Crippen LogP contribution in [0.1, 0.15) is 46.0 Å². The molecular formula is C15H29ClN2O3. The van der Waals surface area contributed by atoms with Gasteiger partial charge in [0.05, 0.1) is 0 Å². The van der Waals surface area contributed by atoms with Crippen LogP contribution in [0.25, 0.3) is 0 Å². The van der Waals surface area contributed by atoms with Crippen LogP contribution in [0.15, 0.2) is 0 Å². The molecule has 124 valence electrons. The van der Waals surface area contributed by atoms with Crippen LogP contribution in [0.5, 0.6) is 0 Å². The maximum atomic E-state index is 12.3. The summed E-state index contributed by atoms with van der Waals surface area (Å²) in [6.07, 6.45) is 4.30. The van der Waals surface area contributed by atoms with Gasteiger partial charge >= 0.3 is 5.97 Å². The number of unbranched alkanes of at least 4 members (excludes halogenated alkanes) is 1. The van der Waals surface area contributed by atoms with Gasteiger partial charge in [0.1, 0.15) is 6.04 Å². The lowest BCUT2D eigenvalue weighted by Gasteiger charge is -2.36. The molecule has 0 bridgehead atoms. The van der Waals surface area contributed by atoms with Crippen molar-refractivity contribution in [3.05, 3.63) is 0 Å². The van der Waals surface area contributed by atoms with Crippen LogP contribution in [0, 0.1) is 5.92 Å². The number of carbonyl (C=O) groups is 2. The molecule has 0 aromatic carbocycles. The van der Waals surface area contributed by atoms with Gasteiger partial charge in [-0.05, 0) is 38.8 Å². The van der Waals surface area contributed by atoms with E-state index in [1.165, 1.54) is 0 Å². The number of halogens is 1. The number of piperidine rings is 1. The van der Waals surface area contributed by atoms with Gasteiger partial charge in [0.25, 0.3) is 0 Å². The van der Waals surface area contributed by atoms with Gasteiger partial charge in [-0.25, -0.2) is 0 Å². The van der Waals surface area contributed by atoms with Gasteiger partial charge in [-0.2, -0.15) is 0 Å². The number of rotatable bonds is 7. The van der Waals surface area contributed by atoms with Crippen molar-refractivity contribution in [3.63, 3.8) is 0 Å². The van der Waals surface area contributed by atoms with Crippen LogP contribution in [-0.2, 0) is 9.59 Å². The number of amides is 1. The number of nitrogens with zero attached hydrogens (tertiary/aromatic N) is 2. The Hall–Kier alpha value is -0.810. The van der Waals surface area contributed by atoms with Gasteiger partial charge in [0, 0.05) is 19.5 Å². The van der Waals surface area contributed by atoms with E-state index in [1.54, 1.807) is 0 Å². The lowest BCUT2D eigenvalue weighted by molar-refractivity contribution is -0.144. The molecule has 0 aromatic heterocycles. The molecule has 1 saturated heterocycles. The number of aliphatic carboxylic acids is 1. The number of carboxylic acid groups (broad SMARTS) is 1. The number of carbonyl (C=O) groups excluding carboxylic acids is 1. The van der Waals surface area contributed by atoms with Gasteiger partial charge < -0.3 is 10.0 Å². The van der Waals surface area contributed by atoms with E-state index in [9.17, 15) is 9.59 Å². The van der Waals surface area contributed by atoms with E-state index in [0.29, 0.717) is 19.5 Å². The number of hydrogen-bond acceptors (Lipinski definition) is 3. The highest BCUT2D eigenvalue weighted by atomic mass is 35.5. The molecule has 0 saturated carbocycles. The summed E-state index contributed by atoms with van der Waals surface area (Å²) in [5.74, 6) is -0.460. The second-order valence-corrected chi connectivity index (χ2v) is 5.69. The van der Waals surface area contributed by atoms with Crippen molar-refractivity contribution in [2.45, 2.75) is 52.0 Å². The molecule has 21 heavy (non-hydrogen) atoms. The normalized spacial score (nSPS) is 17.9. The lowest BCUT2D eigenvalue weighted by Crippen LogP contribution is -2.47. The molecule has 6 heteroatoms. The molecule has 1 aliphatic rings. The van der Waals surface area contributed by atoms with Gasteiger partial charge in [0.2, 0.25) is 5.91 Å². The Morgan fingerprint density at radius 1 is 1.29 bits per heavy atom. The first kappa shape index (κ1) is 20.2. The molecule has 1 amide bonds. The summed E-state index contributed by atoms with van der Waals surface area (Å²) in [5.41, 5.74) is 0. The molecule has 0 radical (unpaired) electrons. The van der Waals surface area contributed by atoms with Crippen molar-refractivity contribution in [3.8, 4) is 0 Å². The summed E-state index contributed by atoms with van der Waals surface area (Å²) in [5, 5.41) is 9.17. The predicted octanol–water partition coefficient (Wildman–Crippen LogP) is 2.24. The molecule has 1 aliphatic heterocycles. The lowest BCUT2D eigenvalue weighted by atomic mass is 9.94. The van der Waals surface area contributed by atoms with Gasteiger partial charge in [0.15, 0.2) is 0 Å². The minimum absolute atomic E-state index is 0. The van der Waals surface area contributed by atoms with E-state index in [2.05, 4.69) is 6.92 Å². The van der Waals surface area contributed by atoms with Crippen molar-refractivity contribution in [2.24, 2.45) is 5.92 Å². The smallest absolute Gasteiger partial charge is 0.320 e. The Morgan fingerprint density at radius 3 is 2.29 bits per heavy atom. The Morgan fingerprint density at radius 2 is 1.86 bits per heavy atom. The van der Waals surface area contributed by atoms with Gasteiger partial charge in [-0.15, -0.1) is 12.4 Å². The van der Waals surface area contributed by atoms with E-state index in [4.69, 9.17) is 5.11 Å². The van der Waals surface area contributed by atoms with E-state index < -0.39 is 12.0 Å². The van der Waals surface area contributed by atoms with Gasteiger partial charge in [-0.1, -0.05) is 20.3 Å². The van der Waals surface area contributed by atoms with E-state index in [-0.39, 0.29) is 24.2 Å². The summed E-state index contributed by atoms with van der Waals surface area (Å²) in [6.45, 7) is 6.26. The molecular weight excluding hydrogens is 292 g/mol. The summed E-state index contributed by atoms with van der Waals surface area (Å²) in [4.78, 5) is 27.3. The molecule has 1 heterocycles. The molecule has 0 aromatic rings. The zero-order chi connectivity index (χ0) is 15.1. The predicted molar refractivity (Wildman–Crippen MR) is 85.8 cm³/mol. The quantitative estimate of drug-likeness (QED) is 0.781.